The molecule has 0 saturated heterocycles. The van der Waals surface area contributed by atoms with E-state index in [4.69, 9.17) is 19.5 Å². The molecule has 0 saturated carbocycles. The minimum atomic E-state index is -0.639. The summed E-state index contributed by atoms with van der Waals surface area (Å²) in [6.07, 6.45) is 0. The van der Waals surface area contributed by atoms with Gasteiger partial charge in [0, 0.05) is 5.56 Å². The molecule has 0 heterocycles. The third kappa shape index (κ3) is 7.21. The van der Waals surface area contributed by atoms with Crippen LogP contribution in [0.4, 0.5) is 0 Å². The molecular formula is C22H24N4O6. The molecule has 0 aliphatic rings. The number of rotatable bonds is 10. The number of nitriles is 1. The van der Waals surface area contributed by atoms with E-state index < -0.39 is 24.3 Å². The number of carbonyl (C=O) groups is 3. The maximum absolute atomic E-state index is 12.3. The Balaban J connectivity index is 1.78. The van der Waals surface area contributed by atoms with Gasteiger partial charge in [0.2, 0.25) is 0 Å². The molecule has 0 unspecified atom stereocenters. The largest absolute Gasteiger partial charge is 0.490 e. The van der Waals surface area contributed by atoms with Crippen LogP contribution in [0.2, 0.25) is 0 Å². The first-order valence-electron chi connectivity index (χ1n) is 9.85. The molecule has 3 N–H and O–H groups in total. The van der Waals surface area contributed by atoms with E-state index in [1.165, 1.54) is 6.07 Å². The first kappa shape index (κ1) is 24.0. The van der Waals surface area contributed by atoms with Crippen LogP contribution in [0.1, 0.15) is 29.8 Å². The molecule has 10 nitrogen and oxygen atoms in total. The fourth-order valence-corrected chi connectivity index (χ4v) is 2.50. The van der Waals surface area contributed by atoms with Crippen LogP contribution in [0.25, 0.3) is 0 Å². The maximum Gasteiger partial charge on any atom is 0.276 e. The van der Waals surface area contributed by atoms with E-state index in [0.29, 0.717) is 30.3 Å². The average Bonchev–Trinajstić information content (AvgIpc) is 2.81. The third-order valence-electron chi connectivity index (χ3n) is 3.92. The lowest BCUT2D eigenvalue weighted by molar-refractivity contribution is -0.129. The number of nitrogens with zero attached hydrogens (tertiary/aromatic N) is 1. The van der Waals surface area contributed by atoms with Crippen LogP contribution < -0.4 is 30.4 Å². The van der Waals surface area contributed by atoms with Gasteiger partial charge in [-0.3, -0.25) is 25.2 Å². The molecule has 0 fully saturated rings. The SMILES string of the molecule is CCOc1ccc(C(=O)NCC(=O)NNC(=O)COc2ccccc2C#N)cc1OCC. The second-order valence-corrected chi connectivity index (χ2v) is 6.20. The molecule has 0 atom stereocenters. The van der Waals surface area contributed by atoms with Crippen LogP contribution >= 0.6 is 0 Å². The quantitative estimate of drug-likeness (QED) is 0.474. The summed E-state index contributed by atoms with van der Waals surface area (Å²) in [5, 5.41) is 11.4. The number of carbonyl (C=O) groups excluding carboxylic acids is 3. The number of hydrogen-bond acceptors (Lipinski definition) is 7. The van der Waals surface area contributed by atoms with Crippen molar-refractivity contribution in [1.29, 1.82) is 5.26 Å². The molecule has 0 aliphatic heterocycles. The second kappa shape index (κ2) is 12.4. The summed E-state index contributed by atoms with van der Waals surface area (Å²) in [5.74, 6) is -0.564. The van der Waals surface area contributed by atoms with E-state index >= 15 is 0 Å². The molecule has 0 aliphatic carbocycles. The Morgan fingerprint density at radius 3 is 2.28 bits per heavy atom. The normalized spacial score (nSPS) is 9.78. The van der Waals surface area contributed by atoms with Gasteiger partial charge in [-0.15, -0.1) is 0 Å². The number of amides is 3. The zero-order valence-electron chi connectivity index (χ0n) is 17.8. The first-order valence-corrected chi connectivity index (χ1v) is 9.85. The molecule has 32 heavy (non-hydrogen) atoms. The van der Waals surface area contributed by atoms with E-state index in [1.807, 2.05) is 19.9 Å². The van der Waals surface area contributed by atoms with Gasteiger partial charge < -0.3 is 19.5 Å². The Bertz CT molecular complexity index is 1000. The summed E-state index contributed by atoms with van der Waals surface area (Å²) in [6, 6.07) is 13.1. The molecule has 2 aromatic carbocycles. The molecular weight excluding hydrogens is 416 g/mol. The van der Waals surface area contributed by atoms with E-state index in [-0.39, 0.29) is 17.9 Å². The summed E-state index contributed by atoms with van der Waals surface area (Å²) in [4.78, 5) is 36.0. The Hall–Kier alpha value is -4.26. The number of nitrogens with one attached hydrogen (secondary N) is 3. The number of ether oxygens (including phenoxy) is 3. The lowest BCUT2D eigenvalue weighted by atomic mass is 10.2. The highest BCUT2D eigenvalue weighted by molar-refractivity contribution is 5.97. The van der Waals surface area contributed by atoms with Crippen molar-refractivity contribution < 1.29 is 28.6 Å². The Morgan fingerprint density at radius 1 is 0.875 bits per heavy atom. The first-order chi connectivity index (χ1) is 15.5. The highest BCUT2D eigenvalue weighted by Crippen LogP contribution is 2.28. The van der Waals surface area contributed by atoms with Crippen LogP contribution in [-0.4, -0.2) is 44.1 Å². The second-order valence-electron chi connectivity index (χ2n) is 6.20. The van der Waals surface area contributed by atoms with Crippen molar-refractivity contribution in [3.05, 3.63) is 53.6 Å². The molecule has 0 radical (unpaired) electrons. The smallest absolute Gasteiger partial charge is 0.276 e. The Morgan fingerprint density at radius 2 is 1.56 bits per heavy atom. The molecule has 2 rings (SSSR count). The predicted octanol–water partition coefficient (Wildman–Crippen LogP) is 1.31. The summed E-state index contributed by atoms with van der Waals surface area (Å²) >= 11 is 0. The lowest BCUT2D eigenvalue weighted by Gasteiger charge is -2.13. The van der Waals surface area contributed by atoms with Crippen molar-refractivity contribution in [3.8, 4) is 23.3 Å². The Kier molecular flexibility index (Phi) is 9.33. The number of hydrazine groups is 1. The molecule has 0 bridgehead atoms. The van der Waals surface area contributed by atoms with Crippen molar-refractivity contribution in [2.45, 2.75) is 13.8 Å². The molecule has 2 aromatic rings. The van der Waals surface area contributed by atoms with Gasteiger partial charge >= 0.3 is 0 Å². The summed E-state index contributed by atoms with van der Waals surface area (Å²) in [6.45, 7) is 3.73. The van der Waals surface area contributed by atoms with Crippen LogP contribution in [-0.2, 0) is 9.59 Å². The van der Waals surface area contributed by atoms with Gasteiger partial charge in [-0.25, -0.2) is 0 Å². The van der Waals surface area contributed by atoms with Gasteiger partial charge in [0.25, 0.3) is 17.7 Å². The van der Waals surface area contributed by atoms with Gasteiger partial charge in [0.1, 0.15) is 11.8 Å². The van der Waals surface area contributed by atoms with Crippen LogP contribution in [0.3, 0.4) is 0 Å². The average molecular weight is 440 g/mol. The summed E-state index contributed by atoms with van der Waals surface area (Å²) < 4.78 is 16.2. The zero-order valence-corrected chi connectivity index (χ0v) is 17.8. The standard InChI is InChI=1S/C22H24N4O6/c1-3-30-18-10-9-15(11-19(18)31-4-2)22(29)24-13-20(27)25-26-21(28)14-32-17-8-6-5-7-16(17)12-23/h5-11H,3-4,13-14H2,1-2H3,(H,24,29)(H,25,27)(H,26,28). The fraction of sp³-hybridized carbons (Fsp3) is 0.273. The monoisotopic (exact) mass is 440 g/mol. The number of hydrogen-bond donors (Lipinski definition) is 3. The summed E-state index contributed by atoms with van der Waals surface area (Å²) in [5.41, 5.74) is 4.91. The topological polar surface area (TPSA) is 139 Å². The van der Waals surface area contributed by atoms with Gasteiger partial charge in [0.15, 0.2) is 18.1 Å². The minimum absolute atomic E-state index is 0.255. The maximum atomic E-state index is 12.3. The van der Waals surface area contributed by atoms with E-state index in [1.54, 1.807) is 36.4 Å². The van der Waals surface area contributed by atoms with Gasteiger partial charge in [-0.05, 0) is 44.2 Å². The van der Waals surface area contributed by atoms with E-state index in [2.05, 4.69) is 16.2 Å². The van der Waals surface area contributed by atoms with Gasteiger partial charge in [-0.2, -0.15) is 5.26 Å². The highest BCUT2D eigenvalue weighted by Gasteiger charge is 2.13. The fourth-order valence-electron chi connectivity index (χ4n) is 2.50. The molecule has 0 aromatic heterocycles. The predicted molar refractivity (Wildman–Crippen MR) is 114 cm³/mol. The van der Waals surface area contributed by atoms with Crippen molar-refractivity contribution in [2.75, 3.05) is 26.4 Å². The minimum Gasteiger partial charge on any atom is -0.490 e. The molecule has 0 spiro atoms. The lowest BCUT2D eigenvalue weighted by Crippen LogP contribution is -2.47. The van der Waals surface area contributed by atoms with Crippen LogP contribution in [0, 0.1) is 11.3 Å². The number of para-hydroxylation sites is 1. The summed E-state index contributed by atoms with van der Waals surface area (Å²) in [7, 11) is 0. The van der Waals surface area contributed by atoms with Crippen molar-refractivity contribution >= 4 is 17.7 Å². The molecule has 168 valence electrons. The van der Waals surface area contributed by atoms with Gasteiger partial charge in [-0.1, -0.05) is 12.1 Å². The zero-order chi connectivity index (χ0) is 23.3. The number of benzene rings is 2. The highest BCUT2D eigenvalue weighted by atomic mass is 16.5. The Labute approximate surface area is 185 Å². The van der Waals surface area contributed by atoms with E-state index in [9.17, 15) is 14.4 Å². The van der Waals surface area contributed by atoms with E-state index in [0.717, 1.165) is 0 Å². The van der Waals surface area contributed by atoms with Gasteiger partial charge in [0.05, 0.1) is 25.3 Å². The molecule has 10 heteroatoms. The van der Waals surface area contributed by atoms with Crippen LogP contribution in [0.15, 0.2) is 42.5 Å². The van der Waals surface area contributed by atoms with Crippen LogP contribution in [0.5, 0.6) is 17.2 Å². The third-order valence-corrected chi connectivity index (χ3v) is 3.92. The van der Waals surface area contributed by atoms with Crippen molar-refractivity contribution in [2.24, 2.45) is 0 Å². The van der Waals surface area contributed by atoms with Crippen molar-refractivity contribution in [3.63, 3.8) is 0 Å². The van der Waals surface area contributed by atoms with Crippen molar-refractivity contribution in [1.82, 2.24) is 16.2 Å². The molecule has 3 amide bonds.